The van der Waals surface area contributed by atoms with Gasteiger partial charge in [0.2, 0.25) is 0 Å². The van der Waals surface area contributed by atoms with E-state index in [1.165, 1.54) is 0 Å². The molecular weight excluding hydrogens is 406 g/mol. The van der Waals surface area contributed by atoms with Crippen molar-refractivity contribution >= 4 is 17.5 Å². The minimum atomic E-state index is -0.693. The maximum Gasteiger partial charge on any atom is 0.252 e. The molecule has 2 aromatic rings. The quantitative estimate of drug-likeness (QED) is 0.539. The number of amides is 1. The molecule has 6 nitrogen and oxygen atoms in total. The van der Waals surface area contributed by atoms with E-state index in [0.717, 1.165) is 5.56 Å². The van der Waals surface area contributed by atoms with Crippen LogP contribution in [0.15, 0.2) is 42.5 Å². The molecule has 30 heavy (non-hydrogen) atoms. The molecule has 2 rings (SSSR count). The van der Waals surface area contributed by atoms with Crippen molar-refractivity contribution in [2.75, 3.05) is 26.9 Å². The number of rotatable bonds is 12. The van der Waals surface area contributed by atoms with Gasteiger partial charge in [0.15, 0.2) is 17.6 Å². The van der Waals surface area contributed by atoms with Crippen molar-refractivity contribution < 1.29 is 23.7 Å². The van der Waals surface area contributed by atoms with Crippen LogP contribution in [-0.4, -0.2) is 45.0 Å². The molecule has 0 radical (unpaired) electrons. The second kappa shape index (κ2) is 12.3. The van der Waals surface area contributed by atoms with Crippen molar-refractivity contribution in [3.8, 4) is 17.2 Å². The first-order valence-corrected chi connectivity index (χ1v) is 10.4. The molecule has 0 saturated heterocycles. The second-order valence-electron chi connectivity index (χ2n) is 6.90. The summed E-state index contributed by atoms with van der Waals surface area (Å²) in [4.78, 5) is 12.5. The average Bonchev–Trinajstić information content (AvgIpc) is 2.72. The fourth-order valence-corrected chi connectivity index (χ4v) is 2.89. The molecule has 0 aliphatic rings. The summed E-state index contributed by atoms with van der Waals surface area (Å²) in [6, 6.07) is 12.8. The molecule has 2 aromatic carbocycles. The number of nitrogens with one attached hydrogen (secondary N) is 1. The van der Waals surface area contributed by atoms with Crippen molar-refractivity contribution in [2.45, 2.75) is 39.4 Å². The van der Waals surface area contributed by atoms with E-state index in [4.69, 9.17) is 30.5 Å². The molecule has 7 heteroatoms. The van der Waals surface area contributed by atoms with Gasteiger partial charge in [-0.25, -0.2) is 0 Å². The molecule has 0 spiro atoms. The number of hydrogen-bond acceptors (Lipinski definition) is 5. The largest absolute Gasteiger partial charge is 0.493 e. The number of hydrogen-bond donors (Lipinski definition) is 1. The molecule has 0 bridgehead atoms. The molecule has 0 aliphatic carbocycles. The number of halogens is 1. The summed E-state index contributed by atoms with van der Waals surface area (Å²) in [6.45, 7) is 6.78. The van der Waals surface area contributed by atoms with E-state index in [1.807, 2.05) is 39.0 Å². The molecule has 0 fully saturated rings. The molecule has 1 atom stereocenters. The predicted octanol–water partition coefficient (Wildman–Crippen LogP) is 4.28. The number of methoxy groups -OCH3 is 1. The first kappa shape index (κ1) is 23.8. The molecule has 0 saturated carbocycles. The Labute approximate surface area is 183 Å². The third kappa shape index (κ3) is 7.76. The van der Waals surface area contributed by atoms with Gasteiger partial charge >= 0.3 is 0 Å². The van der Waals surface area contributed by atoms with Crippen LogP contribution in [0.4, 0.5) is 0 Å². The molecule has 164 valence electrons. The van der Waals surface area contributed by atoms with Gasteiger partial charge in [-0.05, 0) is 69.2 Å². The van der Waals surface area contributed by atoms with Crippen LogP contribution in [0.5, 0.6) is 17.2 Å². The first-order chi connectivity index (χ1) is 14.4. The minimum Gasteiger partial charge on any atom is -0.493 e. The second-order valence-corrected chi connectivity index (χ2v) is 7.34. The molecule has 0 heterocycles. The normalized spacial score (nSPS) is 11.8. The summed E-state index contributed by atoms with van der Waals surface area (Å²) in [5.74, 6) is 1.80. The fourth-order valence-electron chi connectivity index (χ4n) is 2.77. The van der Waals surface area contributed by atoms with Crippen molar-refractivity contribution in [3.63, 3.8) is 0 Å². The molecular formula is C23H30ClNO5. The lowest BCUT2D eigenvalue weighted by atomic mass is 10.1. The zero-order valence-corrected chi connectivity index (χ0v) is 18.7. The van der Waals surface area contributed by atoms with Gasteiger partial charge in [-0.3, -0.25) is 4.79 Å². The number of carbonyl (C=O) groups excluding carboxylic acids is 1. The van der Waals surface area contributed by atoms with E-state index < -0.39 is 6.10 Å². The Kier molecular flexibility index (Phi) is 9.77. The van der Waals surface area contributed by atoms with E-state index in [9.17, 15) is 4.79 Å². The summed E-state index contributed by atoms with van der Waals surface area (Å²) in [5, 5.41) is 3.54. The Morgan fingerprint density at radius 3 is 2.47 bits per heavy atom. The smallest absolute Gasteiger partial charge is 0.252 e. The highest BCUT2D eigenvalue weighted by Gasteiger charge is 2.19. The maximum atomic E-state index is 12.5. The lowest BCUT2D eigenvalue weighted by molar-refractivity contribution is -0.134. The van der Waals surface area contributed by atoms with Gasteiger partial charge in [0.1, 0.15) is 12.4 Å². The van der Waals surface area contributed by atoms with Crippen LogP contribution in [0.3, 0.4) is 0 Å². The van der Waals surface area contributed by atoms with Crippen molar-refractivity contribution in [2.24, 2.45) is 0 Å². The molecule has 0 aromatic heterocycles. The van der Waals surface area contributed by atoms with Crippen LogP contribution in [-0.2, 0) is 16.0 Å². The number of benzene rings is 2. The summed E-state index contributed by atoms with van der Waals surface area (Å²) in [7, 11) is 1.61. The van der Waals surface area contributed by atoms with Crippen LogP contribution in [0, 0.1) is 0 Å². The van der Waals surface area contributed by atoms with Gasteiger partial charge < -0.3 is 24.3 Å². The highest BCUT2D eigenvalue weighted by Crippen LogP contribution is 2.29. The monoisotopic (exact) mass is 435 g/mol. The zero-order chi connectivity index (χ0) is 21.9. The molecule has 1 N–H and O–H groups in total. The Hall–Kier alpha value is -2.44. The van der Waals surface area contributed by atoms with Crippen molar-refractivity contribution in [1.82, 2.24) is 5.32 Å². The summed E-state index contributed by atoms with van der Waals surface area (Å²) in [6.07, 6.45) is 0.0256. The van der Waals surface area contributed by atoms with Gasteiger partial charge in [-0.1, -0.05) is 17.7 Å². The van der Waals surface area contributed by atoms with Crippen LogP contribution >= 0.6 is 11.6 Å². The Morgan fingerprint density at radius 2 is 1.83 bits per heavy atom. The Morgan fingerprint density at radius 1 is 1.10 bits per heavy atom. The van der Waals surface area contributed by atoms with Crippen LogP contribution in [0.2, 0.25) is 5.02 Å². The third-order valence-electron chi connectivity index (χ3n) is 4.18. The van der Waals surface area contributed by atoms with E-state index in [0.29, 0.717) is 41.8 Å². The highest BCUT2D eigenvalue weighted by molar-refractivity contribution is 6.30. The van der Waals surface area contributed by atoms with Crippen molar-refractivity contribution in [3.05, 3.63) is 53.1 Å². The van der Waals surface area contributed by atoms with E-state index in [2.05, 4.69) is 5.32 Å². The summed E-state index contributed by atoms with van der Waals surface area (Å²) < 4.78 is 22.3. The average molecular weight is 436 g/mol. The lowest BCUT2D eigenvalue weighted by Crippen LogP contribution is -2.41. The first-order valence-electron chi connectivity index (χ1n) is 10.0. The van der Waals surface area contributed by atoms with E-state index >= 15 is 0 Å². The van der Waals surface area contributed by atoms with Gasteiger partial charge in [0, 0.05) is 18.2 Å². The zero-order valence-electron chi connectivity index (χ0n) is 17.9. The maximum absolute atomic E-state index is 12.5. The molecule has 0 unspecified atom stereocenters. The molecule has 1 amide bonds. The van der Waals surface area contributed by atoms with Gasteiger partial charge in [-0.2, -0.15) is 0 Å². The van der Waals surface area contributed by atoms with E-state index in [-0.39, 0.29) is 18.6 Å². The van der Waals surface area contributed by atoms with Gasteiger partial charge in [-0.15, -0.1) is 0 Å². The summed E-state index contributed by atoms with van der Waals surface area (Å²) in [5.41, 5.74) is 1.04. The van der Waals surface area contributed by atoms with Crippen LogP contribution < -0.4 is 19.5 Å². The number of carbonyl (C=O) groups is 1. The number of ether oxygens (including phenoxy) is 4. The van der Waals surface area contributed by atoms with Crippen LogP contribution in [0.1, 0.15) is 26.3 Å². The van der Waals surface area contributed by atoms with Crippen molar-refractivity contribution in [1.29, 1.82) is 0 Å². The van der Waals surface area contributed by atoms with E-state index in [1.54, 1.807) is 31.4 Å². The lowest BCUT2D eigenvalue weighted by Gasteiger charge is -2.18. The van der Waals surface area contributed by atoms with Gasteiger partial charge in [0.05, 0.1) is 13.2 Å². The SMILES string of the molecule is CCO[C@H](COc1ccc(Cl)cc1)C(=O)NCCc1ccc(OC(C)C)c(OC)c1. The summed E-state index contributed by atoms with van der Waals surface area (Å²) >= 11 is 5.87. The topological polar surface area (TPSA) is 66.0 Å². The standard InChI is InChI=1S/C23H30ClNO5/c1-5-28-22(15-29-19-9-7-18(24)8-10-19)23(26)25-13-12-17-6-11-20(30-16(2)3)21(14-17)27-4/h6-11,14,16,22H,5,12-13,15H2,1-4H3,(H,25,26)/t22-/m1/s1. The Bertz CT molecular complexity index is 795. The predicted molar refractivity (Wildman–Crippen MR) is 118 cm³/mol. The van der Waals surface area contributed by atoms with Crippen LogP contribution in [0.25, 0.3) is 0 Å². The minimum absolute atomic E-state index is 0.0645. The van der Waals surface area contributed by atoms with Gasteiger partial charge in [0.25, 0.3) is 5.91 Å². The fraction of sp³-hybridized carbons (Fsp3) is 0.435. The highest BCUT2D eigenvalue weighted by atomic mass is 35.5. The third-order valence-corrected chi connectivity index (χ3v) is 4.43. The Balaban J connectivity index is 1.86. The molecule has 0 aliphatic heterocycles.